The van der Waals surface area contributed by atoms with Crippen molar-refractivity contribution in [3.63, 3.8) is 0 Å². The lowest BCUT2D eigenvalue weighted by Gasteiger charge is -1.99. The van der Waals surface area contributed by atoms with Gasteiger partial charge in [-0.05, 0) is 52.3 Å². The van der Waals surface area contributed by atoms with Crippen LogP contribution in [0.15, 0.2) is 45.1 Å². The molecule has 0 spiro atoms. The number of imidazole rings is 1. The molecule has 0 unspecified atom stereocenters. The lowest BCUT2D eigenvalue weighted by Crippen LogP contribution is -1.93. The normalized spacial score (nSPS) is 11.0. The molecule has 2 aromatic heterocycles. The van der Waals surface area contributed by atoms with E-state index in [1.54, 1.807) is 0 Å². The minimum atomic E-state index is -0.451. The van der Waals surface area contributed by atoms with Crippen LogP contribution in [-0.2, 0) is 0 Å². The van der Waals surface area contributed by atoms with E-state index >= 15 is 0 Å². The first kappa shape index (κ1) is 14.0. The molecular formula is C13H9BrN4O2S. The van der Waals surface area contributed by atoms with Crippen molar-refractivity contribution < 1.29 is 4.92 Å². The van der Waals surface area contributed by atoms with Crippen molar-refractivity contribution in [1.29, 1.82) is 0 Å². The summed E-state index contributed by atoms with van der Waals surface area (Å²) in [6, 6.07) is 7.30. The van der Waals surface area contributed by atoms with Crippen molar-refractivity contribution in [3.8, 4) is 0 Å². The summed E-state index contributed by atoms with van der Waals surface area (Å²) >= 11 is 4.33. The molecule has 0 saturated heterocycles. The molecule has 8 heteroatoms. The van der Waals surface area contributed by atoms with Gasteiger partial charge < -0.3 is 4.98 Å². The summed E-state index contributed by atoms with van der Waals surface area (Å²) in [6.07, 6.45) is 1.53. The largest absolute Gasteiger partial charge is 0.333 e. The number of H-pyrrole nitrogens is 1. The molecule has 0 amide bonds. The van der Waals surface area contributed by atoms with Crippen LogP contribution < -0.4 is 0 Å². The van der Waals surface area contributed by atoms with E-state index in [0.717, 1.165) is 28.4 Å². The number of nitrogens with one attached hydrogen (secondary N) is 1. The summed E-state index contributed by atoms with van der Waals surface area (Å²) in [5.74, 6) is 0. The van der Waals surface area contributed by atoms with Gasteiger partial charge in [0.1, 0.15) is 0 Å². The number of aromatic amines is 1. The molecule has 1 N–H and O–H groups in total. The molecule has 3 rings (SSSR count). The van der Waals surface area contributed by atoms with Crippen LogP contribution in [-0.4, -0.2) is 19.9 Å². The number of aryl methyl sites for hydroxylation is 1. The maximum absolute atomic E-state index is 11.1. The van der Waals surface area contributed by atoms with Gasteiger partial charge in [-0.2, -0.15) is 0 Å². The number of rotatable bonds is 3. The smallest absolute Gasteiger partial charge is 0.302 e. The number of hydrogen-bond acceptors (Lipinski definition) is 5. The highest BCUT2D eigenvalue weighted by Gasteiger charge is 2.18. The molecule has 0 radical (unpaired) electrons. The summed E-state index contributed by atoms with van der Waals surface area (Å²) in [6.45, 7) is 1.99. The van der Waals surface area contributed by atoms with Crippen molar-refractivity contribution >= 4 is 44.4 Å². The van der Waals surface area contributed by atoms with Crippen molar-refractivity contribution in [2.45, 2.75) is 17.1 Å². The van der Waals surface area contributed by atoms with Gasteiger partial charge >= 0.3 is 5.69 Å². The van der Waals surface area contributed by atoms with Gasteiger partial charge in [0.2, 0.25) is 0 Å². The highest BCUT2D eigenvalue weighted by molar-refractivity contribution is 9.10. The molecule has 0 saturated carbocycles. The molecule has 106 valence electrons. The Morgan fingerprint density at radius 3 is 2.95 bits per heavy atom. The molecule has 0 aliphatic carbocycles. The fraction of sp³-hybridized carbons (Fsp3) is 0.0769. The molecule has 0 bridgehead atoms. The lowest BCUT2D eigenvalue weighted by atomic mass is 10.2. The molecule has 6 nitrogen and oxygen atoms in total. The van der Waals surface area contributed by atoms with Gasteiger partial charge in [-0.1, -0.05) is 6.07 Å². The highest BCUT2D eigenvalue weighted by Crippen LogP contribution is 2.33. The standard InChI is InChI=1S/C13H9BrN4O2S/c1-7-2-3-9-10(4-7)17-13(16-9)21-12-11(18(19)20)5-8(14)6-15-12/h2-6H,1H3,(H,16,17). The molecule has 0 aliphatic heterocycles. The Kier molecular flexibility index (Phi) is 3.64. The Labute approximate surface area is 132 Å². The van der Waals surface area contributed by atoms with E-state index in [4.69, 9.17) is 0 Å². The number of nitrogens with zero attached hydrogens (tertiary/aromatic N) is 3. The predicted molar refractivity (Wildman–Crippen MR) is 83.5 cm³/mol. The molecule has 0 aliphatic rings. The highest BCUT2D eigenvalue weighted by atomic mass is 79.9. The first-order valence-electron chi connectivity index (χ1n) is 5.97. The number of benzene rings is 1. The number of halogens is 1. The Hall–Kier alpha value is -1.93. The monoisotopic (exact) mass is 364 g/mol. The van der Waals surface area contributed by atoms with E-state index in [0.29, 0.717) is 14.7 Å². The molecule has 0 atom stereocenters. The maximum atomic E-state index is 11.1. The number of aromatic nitrogens is 3. The quantitative estimate of drug-likeness (QED) is 0.558. The SMILES string of the molecule is Cc1ccc2nc(Sc3ncc(Br)cc3[N+](=O)[O-])[nH]c2c1. The fourth-order valence-corrected chi connectivity index (χ4v) is 3.02. The average Bonchev–Trinajstić information content (AvgIpc) is 2.82. The minimum absolute atomic E-state index is 0.0500. The number of fused-ring (bicyclic) bond motifs is 1. The summed E-state index contributed by atoms with van der Waals surface area (Å²) in [5, 5.41) is 12.0. The third-order valence-corrected chi connectivity index (χ3v) is 4.13. The zero-order valence-corrected chi connectivity index (χ0v) is 13.2. The zero-order valence-electron chi connectivity index (χ0n) is 10.8. The Morgan fingerprint density at radius 2 is 2.19 bits per heavy atom. The van der Waals surface area contributed by atoms with Crippen molar-refractivity contribution in [2.24, 2.45) is 0 Å². The van der Waals surface area contributed by atoms with E-state index in [9.17, 15) is 10.1 Å². The second-order valence-electron chi connectivity index (χ2n) is 4.40. The van der Waals surface area contributed by atoms with Crippen molar-refractivity contribution in [1.82, 2.24) is 15.0 Å². The van der Waals surface area contributed by atoms with E-state index in [-0.39, 0.29) is 5.69 Å². The number of nitro groups is 1. The fourth-order valence-electron chi connectivity index (χ4n) is 1.87. The lowest BCUT2D eigenvalue weighted by molar-refractivity contribution is -0.388. The third kappa shape index (κ3) is 2.91. The summed E-state index contributed by atoms with van der Waals surface area (Å²) in [7, 11) is 0. The Balaban J connectivity index is 2.00. The van der Waals surface area contributed by atoms with Gasteiger partial charge in [-0.25, -0.2) is 9.97 Å². The third-order valence-electron chi connectivity index (χ3n) is 2.80. The van der Waals surface area contributed by atoms with Gasteiger partial charge in [0.25, 0.3) is 0 Å². The van der Waals surface area contributed by atoms with Crippen molar-refractivity contribution in [3.05, 3.63) is 50.6 Å². The first-order valence-corrected chi connectivity index (χ1v) is 7.58. The average molecular weight is 365 g/mol. The Morgan fingerprint density at radius 1 is 1.38 bits per heavy atom. The number of hydrogen-bond donors (Lipinski definition) is 1. The molecule has 1 aromatic carbocycles. The van der Waals surface area contributed by atoms with Crippen LogP contribution in [0.3, 0.4) is 0 Å². The minimum Gasteiger partial charge on any atom is -0.333 e. The van der Waals surface area contributed by atoms with Crippen LogP contribution in [0.1, 0.15) is 5.56 Å². The van der Waals surface area contributed by atoms with Crippen LogP contribution in [0.25, 0.3) is 11.0 Å². The van der Waals surface area contributed by atoms with Crippen LogP contribution in [0.4, 0.5) is 5.69 Å². The molecule has 2 heterocycles. The van der Waals surface area contributed by atoms with Gasteiger partial charge in [0.15, 0.2) is 10.2 Å². The predicted octanol–water partition coefficient (Wildman–Crippen LogP) is 4.09. The van der Waals surface area contributed by atoms with Crippen LogP contribution >= 0.6 is 27.7 Å². The van der Waals surface area contributed by atoms with E-state index in [1.807, 2.05) is 25.1 Å². The summed E-state index contributed by atoms with van der Waals surface area (Å²) in [5.41, 5.74) is 2.79. The summed E-state index contributed by atoms with van der Waals surface area (Å²) in [4.78, 5) is 22.3. The van der Waals surface area contributed by atoms with Crippen LogP contribution in [0.2, 0.25) is 0 Å². The molecule has 0 fully saturated rings. The second-order valence-corrected chi connectivity index (χ2v) is 6.29. The first-order chi connectivity index (χ1) is 10.0. The van der Waals surface area contributed by atoms with Crippen LogP contribution in [0.5, 0.6) is 0 Å². The second kappa shape index (κ2) is 5.45. The zero-order chi connectivity index (χ0) is 15.0. The molecular weight excluding hydrogens is 356 g/mol. The van der Waals surface area contributed by atoms with Gasteiger partial charge in [-0.15, -0.1) is 0 Å². The van der Waals surface area contributed by atoms with Crippen molar-refractivity contribution in [2.75, 3.05) is 0 Å². The van der Waals surface area contributed by atoms with Gasteiger partial charge in [-0.3, -0.25) is 10.1 Å². The van der Waals surface area contributed by atoms with Crippen LogP contribution in [0, 0.1) is 17.0 Å². The van der Waals surface area contributed by atoms with E-state index in [1.165, 1.54) is 12.3 Å². The molecule has 3 aromatic rings. The van der Waals surface area contributed by atoms with Gasteiger partial charge in [0.05, 0.1) is 16.0 Å². The molecule has 21 heavy (non-hydrogen) atoms. The van der Waals surface area contributed by atoms with E-state index in [2.05, 4.69) is 30.9 Å². The maximum Gasteiger partial charge on any atom is 0.302 e. The van der Waals surface area contributed by atoms with E-state index < -0.39 is 4.92 Å². The summed E-state index contributed by atoms with van der Waals surface area (Å²) < 4.78 is 0.568. The number of pyridine rings is 1. The topological polar surface area (TPSA) is 84.7 Å². The Bertz CT molecular complexity index is 849. The van der Waals surface area contributed by atoms with Gasteiger partial charge in [0, 0.05) is 16.7 Å².